The van der Waals surface area contributed by atoms with Gasteiger partial charge >= 0.3 is 0 Å². The zero-order chi connectivity index (χ0) is 14.9. The van der Waals surface area contributed by atoms with E-state index in [4.69, 9.17) is 22.7 Å². The number of amides is 1. The van der Waals surface area contributed by atoms with Gasteiger partial charge in [0.1, 0.15) is 5.41 Å². The van der Waals surface area contributed by atoms with Gasteiger partial charge in [0.25, 0.3) is 0 Å². The number of nitrogens with zero attached hydrogens (tertiary/aromatic N) is 1. The Morgan fingerprint density at radius 2 is 1.57 bits per heavy atom. The highest BCUT2D eigenvalue weighted by molar-refractivity contribution is 7.80. The maximum atomic E-state index is 13.0. The predicted molar refractivity (Wildman–Crippen MR) is 86.0 cm³/mol. The average Bonchev–Trinajstić information content (AvgIpc) is 2.96. The molecule has 21 heavy (non-hydrogen) atoms. The molecule has 1 spiro atoms. The number of carbonyl (C=O) groups is 1. The van der Waals surface area contributed by atoms with Crippen molar-refractivity contribution in [3.63, 3.8) is 0 Å². The summed E-state index contributed by atoms with van der Waals surface area (Å²) < 4.78 is 5.40. The molecule has 2 saturated heterocycles. The number of thiocarbonyl (C=S) groups is 1. The van der Waals surface area contributed by atoms with Crippen LogP contribution in [0.25, 0.3) is 0 Å². The standard InChI is InChI=1S/C16H26N2O2S/c17-13(21)16(7-11-20-12-8-16)14(19)18-9-5-15(6-10-18)3-1-2-4-15/h1-12H2,(H2,17,21). The van der Waals surface area contributed by atoms with E-state index in [-0.39, 0.29) is 5.91 Å². The van der Waals surface area contributed by atoms with Crippen LogP contribution in [0.15, 0.2) is 0 Å². The molecule has 2 heterocycles. The van der Waals surface area contributed by atoms with Gasteiger partial charge in [-0.25, -0.2) is 0 Å². The van der Waals surface area contributed by atoms with E-state index in [9.17, 15) is 4.79 Å². The molecule has 3 rings (SSSR count). The molecule has 3 fully saturated rings. The van der Waals surface area contributed by atoms with E-state index in [1.807, 2.05) is 4.90 Å². The molecular weight excluding hydrogens is 284 g/mol. The Hall–Kier alpha value is -0.680. The lowest BCUT2D eigenvalue weighted by molar-refractivity contribution is -0.144. The number of likely N-dealkylation sites (tertiary alicyclic amines) is 1. The molecule has 1 saturated carbocycles. The second-order valence-electron chi connectivity index (χ2n) is 7.06. The summed E-state index contributed by atoms with van der Waals surface area (Å²) in [5, 5.41) is 0. The van der Waals surface area contributed by atoms with Gasteiger partial charge in [0.2, 0.25) is 5.91 Å². The SMILES string of the molecule is NC(=S)C1(C(=O)N2CCC3(CCCC3)CC2)CCOCC1. The van der Waals surface area contributed by atoms with E-state index in [1.165, 1.54) is 25.7 Å². The maximum Gasteiger partial charge on any atom is 0.235 e. The van der Waals surface area contributed by atoms with Crippen LogP contribution >= 0.6 is 12.2 Å². The molecule has 1 aliphatic carbocycles. The highest BCUT2D eigenvalue weighted by Crippen LogP contribution is 2.47. The van der Waals surface area contributed by atoms with Crippen LogP contribution in [-0.2, 0) is 9.53 Å². The van der Waals surface area contributed by atoms with E-state index in [0.717, 1.165) is 25.9 Å². The molecule has 0 radical (unpaired) electrons. The van der Waals surface area contributed by atoms with Crippen LogP contribution in [0.1, 0.15) is 51.4 Å². The Labute approximate surface area is 132 Å². The van der Waals surface area contributed by atoms with Crippen molar-refractivity contribution in [3.8, 4) is 0 Å². The van der Waals surface area contributed by atoms with Gasteiger partial charge in [-0.15, -0.1) is 0 Å². The Balaban J connectivity index is 1.68. The van der Waals surface area contributed by atoms with E-state index < -0.39 is 5.41 Å². The first-order valence-electron chi connectivity index (χ1n) is 8.25. The van der Waals surface area contributed by atoms with E-state index in [0.29, 0.717) is 36.5 Å². The second kappa shape index (κ2) is 5.84. The molecule has 4 nitrogen and oxygen atoms in total. The zero-order valence-electron chi connectivity index (χ0n) is 12.7. The van der Waals surface area contributed by atoms with Crippen molar-refractivity contribution in [3.05, 3.63) is 0 Å². The number of hydrogen-bond acceptors (Lipinski definition) is 3. The molecular formula is C16H26N2O2S. The van der Waals surface area contributed by atoms with Gasteiger partial charge < -0.3 is 15.4 Å². The van der Waals surface area contributed by atoms with Crippen molar-refractivity contribution in [1.82, 2.24) is 4.90 Å². The fourth-order valence-corrected chi connectivity index (χ4v) is 4.69. The van der Waals surface area contributed by atoms with Gasteiger partial charge in [0.15, 0.2) is 0 Å². The average molecular weight is 310 g/mol. The lowest BCUT2D eigenvalue weighted by atomic mass is 9.74. The molecule has 2 N–H and O–H groups in total. The molecule has 0 atom stereocenters. The first-order chi connectivity index (χ1) is 10.1. The van der Waals surface area contributed by atoms with Crippen molar-refractivity contribution in [2.75, 3.05) is 26.3 Å². The summed E-state index contributed by atoms with van der Waals surface area (Å²) in [5.74, 6) is 0.158. The van der Waals surface area contributed by atoms with Crippen molar-refractivity contribution in [2.24, 2.45) is 16.6 Å². The predicted octanol–water partition coefficient (Wildman–Crippen LogP) is 2.25. The van der Waals surface area contributed by atoms with Crippen molar-refractivity contribution in [2.45, 2.75) is 51.4 Å². The van der Waals surface area contributed by atoms with Crippen LogP contribution in [0.4, 0.5) is 0 Å². The maximum absolute atomic E-state index is 13.0. The molecule has 0 unspecified atom stereocenters. The Morgan fingerprint density at radius 1 is 1.00 bits per heavy atom. The molecule has 118 valence electrons. The third-order valence-electron chi connectivity index (χ3n) is 6.00. The van der Waals surface area contributed by atoms with Crippen LogP contribution < -0.4 is 5.73 Å². The topological polar surface area (TPSA) is 55.6 Å². The van der Waals surface area contributed by atoms with Gasteiger partial charge in [-0.3, -0.25) is 4.79 Å². The number of nitrogens with two attached hydrogens (primary N) is 1. The molecule has 0 bridgehead atoms. The number of ether oxygens (including phenoxy) is 1. The second-order valence-corrected chi connectivity index (χ2v) is 7.50. The minimum absolute atomic E-state index is 0.158. The minimum Gasteiger partial charge on any atom is -0.392 e. The van der Waals surface area contributed by atoms with Crippen LogP contribution in [0.3, 0.4) is 0 Å². The summed E-state index contributed by atoms with van der Waals surface area (Å²) in [4.78, 5) is 15.4. The van der Waals surface area contributed by atoms with Gasteiger partial charge in [-0.2, -0.15) is 0 Å². The summed E-state index contributed by atoms with van der Waals surface area (Å²) >= 11 is 5.25. The molecule has 0 aromatic heterocycles. The first kappa shape index (κ1) is 15.2. The third-order valence-corrected chi connectivity index (χ3v) is 6.39. The first-order valence-corrected chi connectivity index (χ1v) is 8.66. The highest BCUT2D eigenvalue weighted by atomic mass is 32.1. The smallest absolute Gasteiger partial charge is 0.235 e. The third kappa shape index (κ3) is 2.70. The number of carbonyl (C=O) groups excluding carboxylic acids is 1. The summed E-state index contributed by atoms with van der Waals surface area (Å²) in [6, 6.07) is 0. The largest absolute Gasteiger partial charge is 0.392 e. The Bertz CT molecular complexity index is 416. The van der Waals surface area contributed by atoms with Crippen LogP contribution in [0.5, 0.6) is 0 Å². The Kier molecular flexibility index (Phi) is 4.23. The van der Waals surface area contributed by atoms with Gasteiger partial charge in [0.05, 0.1) is 4.99 Å². The number of piperidine rings is 1. The summed E-state index contributed by atoms with van der Waals surface area (Å²) in [7, 11) is 0. The lowest BCUT2D eigenvalue weighted by Gasteiger charge is -2.44. The normalized spacial score (nSPS) is 27.7. The van der Waals surface area contributed by atoms with Gasteiger partial charge in [-0.05, 0) is 43.9 Å². The van der Waals surface area contributed by atoms with Crippen molar-refractivity contribution in [1.29, 1.82) is 0 Å². The summed E-state index contributed by atoms with van der Waals surface area (Å²) in [5.41, 5.74) is 5.84. The van der Waals surface area contributed by atoms with E-state index in [1.54, 1.807) is 0 Å². The fourth-order valence-electron chi connectivity index (χ4n) is 4.40. The van der Waals surface area contributed by atoms with Crippen molar-refractivity contribution < 1.29 is 9.53 Å². The molecule has 3 aliphatic rings. The molecule has 2 aliphatic heterocycles. The van der Waals surface area contributed by atoms with Crippen LogP contribution in [0, 0.1) is 10.8 Å². The monoisotopic (exact) mass is 310 g/mol. The van der Waals surface area contributed by atoms with Crippen LogP contribution in [-0.4, -0.2) is 42.1 Å². The van der Waals surface area contributed by atoms with Gasteiger partial charge in [-0.1, -0.05) is 25.1 Å². The lowest BCUT2D eigenvalue weighted by Crippen LogP contribution is -2.55. The quantitative estimate of drug-likeness (QED) is 0.795. The van der Waals surface area contributed by atoms with Gasteiger partial charge in [0, 0.05) is 26.3 Å². The van der Waals surface area contributed by atoms with E-state index >= 15 is 0 Å². The van der Waals surface area contributed by atoms with E-state index in [2.05, 4.69) is 0 Å². The molecule has 0 aromatic rings. The summed E-state index contributed by atoms with van der Waals surface area (Å²) in [6.07, 6.45) is 9.02. The fraction of sp³-hybridized carbons (Fsp3) is 0.875. The summed E-state index contributed by atoms with van der Waals surface area (Å²) in [6.45, 7) is 2.93. The highest BCUT2D eigenvalue weighted by Gasteiger charge is 2.47. The number of hydrogen-bond donors (Lipinski definition) is 1. The number of rotatable bonds is 2. The minimum atomic E-state index is -0.645. The zero-order valence-corrected chi connectivity index (χ0v) is 13.6. The van der Waals surface area contributed by atoms with Crippen LogP contribution in [0.2, 0.25) is 0 Å². The van der Waals surface area contributed by atoms with Crippen molar-refractivity contribution >= 4 is 23.1 Å². The molecule has 5 heteroatoms. The molecule has 1 amide bonds. The molecule has 0 aromatic carbocycles. The Morgan fingerprint density at radius 3 is 2.10 bits per heavy atom.